The molecule has 3 aromatic carbocycles. The van der Waals surface area contributed by atoms with E-state index >= 15 is 0 Å². The third kappa shape index (κ3) is 6.06. The van der Waals surface area contributed by atoms with Crippen molar-refractivity contribution >= 4 is 34.4 Å². The van der Waals surface area contributed by atoms with Crippen molar-refractivity contribution < 1.29 is 18.7 Å². The van der Waals surface area contributed by atoms with Crippen LogP contribution in [0.3, 0.4) is 0 Å². The Morgan fingerprint density at radius 2 is 1.70 bits per heavy atom. The number of hydrogen-bond acceptors (Lipinski definition) is 6. The lowest BCUT2D eigenvalue weighted by Crippen LogP contribution is -2.27. The van der Waals surface area contributed by atoms with Gasteiger partial charge in [0.2, 0.25) is 0 Å². The van der Waals surface area contributed by atoms with Gasteiger partial charge in [-0.15, -0.1) is 0 Å². The molecule has 0 saturated heterocycles. The van der Waals surface area contributed by atoms with Crippen LogP contribution in [-0.2, 0) is 0 Å². The van der Waals surface area contributed by atoms with E-state index in [-0.39, 0.29) is 28.2 Å². The zero-order chi connectivity index (χ0) is 26.5. The number of nitrogens with one attached hydrogen (secondary N) is 1. The molecule has 4 rings (SSSR count). The Morgan fingerprint density at radius 1 is 1.03 bits per heavy atom. The van der Waals surface area contributed by atoms with Gasteiger partial charge >= 0.3 is 0 Å². The lowest BCUT2D eigenvalue weighted by molar-refractivity contribution is 0.0948. The Labute approximate surface area is 217 Å². The third-order valence-electron chi connectivity index (χ3n) is 5.60. The van der Waals surface area contributed by atoms with Gasteiger partial charge in [-0.1, -0.05) is 25.6 Å². The Morgan fingerprint density at radius 3 is 2.35 bits per heavy atom. The molecule has 0 saturated carbocycles. The van der Waals surface area contributed by atoms with Gasteiger partial charge in [-0.05, 0) is 72.6 Å². The highest BCUT2D eigenvalue weighted by Gasteiger charge is 2.17. The second kappa shape index (κ2) is 11.4. The number of benzene rings is 3. The number of carbonyl (C=O) groups is 2. The van der Waals surface area contributed by atoms with E-state index in [4.69, 9.17) is 4.74 Å². The van der Waals surface area contributed by atoms with Gasteiger partial charge in [0.1, 0.15) is 11.6 Å². The number of hydrogen-bond donors (Lipinski definition) is 1. The van der Waals surface area contributed by atoms with Crippen molar-refractivity contribution in [3.05, 3.63) is 94.0 Å². The molecular formula is C28H26FN3O4S. The highest BCUT2D eigenvalue weighted by Crippen LogP contribution is 2.24. The number of methoxy groups -OCH3 is 1. The molecule has 0 atom stereocenters. The molecule has 1 aromatic heterocycles. The number of amides is 1. The molecule has 7 nitrogen and oxygen atoms in total. The second-order valence-electron chi connectivity index (χ2n) is 8.79. The number of thioether (sulfide) groups is 1. The zero-order valence-corrected chi connectivity index (χ0v) is 21.5. The molecule has 9 heteroatoms. The van der Waals surface area contributed by atoms with E-state index in [0.717, 1.165) is 11.8 Å². The Balaban J connectivity index is 1.75. The van der Waals surface area contributed by atoms with E-state index in [9.17, 15) is 18.8 Å². The van der Waals surface area contributed by atoms with Gasteiger partial charge in [0.05, 0.1) is 29.5 Å². The summed E-state index contributed by atoms with van der Waals surface area (Å²) in [6.45, 7) is 4.52. The van der Waals surface area contributed by atoms with Gasteiger partial charge < -0.3 is 10.1 Å². The van der Waals surface area contributed by atoms with Crippen LogP contribution in [0.2, 0.25) is 0 Å². The average Bonchev–Trinajstić information content (AvgIpc) is 2.90. The van der Waals surface area contributed by atoms with Crippen LogP contribution < -0.4 is 15.6 Å². The maximum absolute atomic E-state index is 13.6. The Kier molecular flexibility index (Phi) is 8.03. The number of nitrogens with zero attached hydrogens (tertiary/aromatic N) is 2. The van der Waals surface area contributed by atoms with Crippen LogP contribution in [0.15, 0.2) is 76.7 Å². The smallest absolute Gasteiger partial charge is 0.266 e. The topological polar surface area (TPSA) is 90.3 Å². The summed E-state index contributed by atoms with van der Waals surface area (Å²) in [7, 11) is 1.55. The first-order valence-corrected chi connectivity index (χ1v) is 12.7. The number of halogens is 1. The molecule has 1 heterocycles. The van der Waals surface area contributed by atoms with Gasteiger partial charge in [-0.25, -0.2) is 9.37 Å². The normalized spacial score (nSPS) is 11.1. The molecule has 37 heavy (non-hydrogen) atoms. The van der Waals surface area contributed by atoms with Crippen molar-refractivity contribution in [1.82, 2.24) is 14.9 Å². The number of fused-ring (bicyclic) bond motifs is 1. The molecule has 0 spiro atoms. The molecule has 1 amide bonds. The highest BCUT2D eigenvalue weighted by molar-refractivity contribution is 7.99. The fourth-order valence-corrected chi connectivity index (χ4v) is 4.52. The van der Waals surface area contributed by atoms with E-state index in [2.05, 4.69) is 10.3 Å². The molecule has 0 aliphatic heterocycles. The summed E-state index contributed by atoms with van der Waals surface area (Å²) in [6, 6.07) is 17.0. The van der Waals surface area contributed by atoms with Crippen LogP contribution in [0.4, 0.5) is 4.39 Å². The van der Waals surface area contributed by atoms with E-state index in [0.29, 0.717) is 45.9 Å². The third-order valence-corrected chi connectivity index (χ3v) is 6.54. The summed E-state index contributed by atoms with van der Waals surface area (Å²) in [4.78, 5) is 43.6. The van der Waals surface area contributed by atoms with Gasteiger partial charge in [0.25, 0.3) is 11.5 Å². The van der Waals surface area contributed by atoms with Crippen LogP contribution in [0.25, 0.3) is 16.6 Å². The first-order valence-electron chi connectivity index (χ1n) is 11.7. The van der Waals surface area contributed by atoms with Gasteiger partial charge in [-0.2, -0.15) is 0 Å². The molecule has 0 aliphatic carbocycles. The van der Waals surface area contributed by atoms with Crippen molar-refractivity contribution in [3.8, 4) is 11.4 Å². The van der Waals surface area contributed by atoms with Gasteiger partial charge in [0.15, 0.2) is 10.9 Å². The van der Waals surface area contributed by atoms with Crippen LogP contribution >= 0.6 is 11.8 Å². The first-order chi connectivity index (χ1) is 17.8. The first kappa shape index (κ1) is 26.1. The molecule has 0 bridgehead atoms. The van der Waals surface area contributed by atoms with Crippen LogP contribution in [0.1, 0.15) is 34.6 Å². The van der Waals surface area contributed by atoms with Crippen LogP contribution in [0.5, 0.6) is 5.75 Å². The maximum Gasteiger partial charge on any atom is 0.266 e. The van der Waals surface area contributed by atoms with E-state index in [1.807, 2.05) is 13.8 Å². The number of carbonyl (C=O) groups excluding carboxylic acids is 2. The summed E-state index contributed by atoms with van der Waals surface area (Å²) in [5, 5.41) is 3.49. The van der Waals surface area contributed by atoms with Gasteiger partial charge in [0, 0.05) is 17.7 Å². The average molecular weight is 520 g/mol. The van der Waals surface area contributed by atoms with Crippen molar-refractivity contribution in [2.75, 3.05) is 19.4 Å². The summed E-state index contributed by atoms with van der Waals surface area (Å²) in [5.74, 6) is -0.0140. The van der Waals surface area contributed by atoms with E-state index in [1.165, 1.54) is 28.8 Å². The van der Waals surface area contributed by atoms with Crippen molar-refractivity contribution in [2.45, 2.75) is 19.0 Å². The summed E-state index contributed by atoms with van der Waals surface area (Å²) >= 11 is 1.09. The standard InChI is InChI=1S/C28H26FN3O4S/c1-17(2)15-30-26(34)19-6-13-23-24(14-19)31-28(37-16-25(33)18-4-7-20(29)8-5-18)32(27(23)35)21-9-11-22(36-3)12-10-21/h4-14,17H,15-16H2,1-3H3,(H,30,34). The highest BCUT2D eigenvalue weighted by atomic mass is 32.2. The fourth-order valence-electron chi connectivity index (χ4n) is 3.61. The second-order valence-corrected chi connectivity index (χ2v) is 9.73. The molecule has 190 valence electrons. The summed E-state index contributed by atoms with van der Waals surface area (Å²) in [6.07, 6.45) is 0. The number of ketones is 1. The molecule has 0 aliphatic rings. The number of Topliss-reactive ketones (excluding diaryl/α,β-unsaturated/α-hetero) is 1. The minimum atomic E-state index is -0.429. The van der Waals surface area contributed by atoms with Gasteiger partial charge in [-0.3, -0.25) is 19.0 Å². The van der Waals surface area contributed by atoms with E-state index in [1.54, 1.807) is 49.6 Å². The van der Waals surface area contributed by atoms with Crippen LogP contribution in [0, 0.1) is 11.7 Å². The van der Waals surface area contributed by atoms with E-state index < -0.39 is 5.82 Å². The number of ether oxygens (including phenoxy) is 1. The summed E-state index contributed by atoms with van der Waals surface area (Å²) < 4.78 is 19.9. The minimum absolute atomic E-state index is 0.0195. The predicted molar refractivity (Wildman–Crippen MR) is 143 cm³/mol. The van der Waals surface area contributed by atoms with Crippen molar-refractivity contribution in [1.29, 1.82) is 0 Å². The fraction of sp³-hybridized carbons (Fsp3) is 0.214. The zero-order valence-electron chi connectivity index (χ0n) is 20.7. The summed E-state index contributed by atoms with van der Waals surface area (Å²) in [5.41, 5.74) is 1.32. The Hall–Kier alpha value is -3.98. The minimum Gasteiger partial charge on any atom is -0.497 e. The molecule has 0 radical (unpaired) electrons. The lowest BCUT2D eigenvalue weighted by atomic mass is 10.1. The molecular weight excluding hydrogens is 493 g/mol. The molecule has 4 aromatic rings. The molecule has 0 unspecified atom stereocenters. The SMILES string of the molecule is COc1ccc(-n2c(SCC(=O)c3ccc(F)cc3)nc3cc(C(=O)NCC(C)C)ccc3c2=O)cc1. The largest absolute Gasteiger partial charge is 0.497 e. The molecule has 0 fully saturated rings. The molecule has 1 N–H and O–H groups in total. The lowest BCUT2D eigenvalue weighted by Gasteiger charge is -2.14. The maximum atomic E-state index is 13.6. The number of rotatable bonds is 9. The number of aromatic nitrogens is 2. The van der Waals surface area contributed by atoms with Crippen molar-refractivity contribution in [3.63, 3.8) is 0 Å². The predicted octanol–water partition coefficient (Wildman–Crippen LogP) is 4.89. The quantitative estimate of drug-likeness (QED) is 0.192. The Bertz CT molecular complexity index is 1500. The monoisotopic (exact) mass is 519 g/mol. The van der Waals surface area contributed by atoms with Crippen LogP contribution in [-0.4, -0.2) is 40.6 Å². The van der Waals surface area contributed by atoms with Crippen molar-refractivity contribution in [2.24, 2.45) is 5.92 Å².